The topological polar surface area (TPSA) is 55.1 Å². The first-order valence-corrected chi connectivity index (χ1v) is 6.00. The zero-order valence-corrected chi connectivity index (χ0v) is 10.5. The maximum absolute atomic E-state index is 11.5. The van der Waals surface area contributed by atoms with Crippen LogP contribution in [0.5, 0.6) is 0 Å². The van der Waals surface area contributed by atoms with Crippen LogP contribution in [0.2, 0.25) is 0 Å². The minimum atomic E-state index is 0.0150. The van der Waals surface area contributed by atoms with E-state index in [1.807, 2.05) is 6.92 Å². The SMILES string of the molecule is CCCC(N)CC(=O)NC(C)CC(C)C. The molecule has 0 saturated heterocycles. The van der Waals surface area contributed by atoms with Gasteiger partial charge in [0, 0.05) is 18.5 Å². The van der Waals surface area contributed by atoms with E-state index in [1.165, 1.54) is 0 Å². The van der Waals surface area contributed by atoms with Crippen LogP contribution >= 0.6 is 0 Å². The van der Waals surface area contributed by atoms with Crippen LogP contribution in [-0.4, -0.2) is 18.0 Å². The Morgan fingerprint density at radius 2 is 1.93 bits per heavy atom. The molecule has 0 spiro atoms. The minimum Gasteiger partial charge on any atom is -0.354 e. The van der Waals surface area contributed by atoms with Crippen molar-refractivity contribution in [3.8, 4) is 0 Å². The summed E-state index contributed by atoms with van der Waals surface area (Å²) in [6.07, 6.45) is 3.44. The zero-order valence-electron chi connectivity index (χ0n) is 10.5. The highest BCUT2D eigenvalue weighted by Crippen LogP contribution is 2.05. The smallest absolute Gasteiger partial charge is 0.221 e. The summed E-state index contributed by atoms with van der Waals surface area (Å²) < 4.78 is 0. The molecule has 0 aliphatic rings. The van der Waals surface area contributed by atoms with Crippen LogP contribution < -0.4 is 11.1 Å². The van der Waals surface area contributed by atoms with Gasteiger partial charge in [-0.3, -0.25) is 4.79 Å². The molecule has 0 aromatic heterocycles. The third kappa shape index (κ3) is 8.43. The lowest BCUT2D eigenvalue weighted by molar-refractivity contribution is -0.122. The molecule has 0 aromatic rings. The first-order chi connectivity index (χ1) is 6.95. The van der Waals surface area contributed by atoms with Crippen molar-refractivity contribution < 1.29 is 4.79 Å². The van der Waals surface area contributed by atoms with Gasteiger partial charge in [0.2, 0.25) is 5.91 Å². The van der Waals surface area contributed by atoms with Gasteiger partial charge in [-0.05, 0) is 25.7 Å². The van der Waals surface area contributed by atoms with Crippen molar-refractivity contribution >= 4 is 5.91 Å². The van der Waals surface area contributed by atoms with E-state index in [-0.39, 0.29) is 18.0 Å². The maximum atomic E-state index is 11.5. The lowest BCUT2D eigenvalue weighted by Crippen LogP contribution is -2.37. The number of carbonyl (C=O) groups is 1. The molecule has 2 atom stereocenters. The number of nitrogens with two attached hydrogens (primary N) is 1. The number of amides is 1. The Kier molecular flexibility index (Phi) is 7.39. The van der Waals surface area contributed by atoms with Crippen molar-refractivity contribution in [3.05, 3.63) is 0 Å². The molecule has 1 amide bonds. The molecule has 0 saturated carbocycles. The molecule has 0 bridgehead atoms. The van der Waals surface area contributed by atoms with Crippen molar-refractivity contribution in [2.24, 2.45) is 11.7 Å². The summed E-state index contributed by atoms with van der Waals surface area (Å²) in [6.45, 7) is 8.44. The van der Waals surface area contributed by atoms with Crippen molar-refractivity contribution in [3.63, 3.8) is 0 Å². The van der Waals surface area contributed by atoms with E-state index in [9.17, 15) is 4.79 Å². The van der Waals surface area contributed by atoms with Gasteiger partial charge in [0.15, 0.2) is 0 Å². The molecule has 2 unspecified atom stereocenters. The van der Waals surface area contributed by atoms with Gasteiger partial charge in [0.05, 0.1) is 0 Å². The largest absolute Gasteiger partial charge is 0.354 e. The zero-order chi connectivity index (χ0) is 11.8. The van der Waals surface area contributed by atoms with Crippen LogP contribution in [0, 0.1) is 5.92 Å². The number of carbonyl (C=O) groups excluding carboxylic acids is 1. The Hall–Kier alpha value is -0.570. The molecular formula is C12H26N2O. The fraction of sp³-hybridized carbons (Fsp3) is 0.917. The molecule has 0 rings (SSSR count). The lowest BCUT2D eigenvalue weighted by Gasteiger charge is -2.17. The van der Waals surface area contributed by atoms with E-state index >= 15 is 0 Å². The third-order valence-corrected chi connectivity index (χ3v) is 2.34. The van der Waals surface area contributed by atoms with Crippen LogP contribution in [0.15, 0.2) is 0 Å². The highest BCUT2D eigenvalue weighted by atomic mass is 16.1. The second kappa shape index (κ2) is 7.69. The number of hydrogen-bond acceptors (Lipinski definition) is 2. The lowest BCUT2D eigenvalue weighted by atomic mass is 10.0. The van der Waals surface area contributed by atoms with E-state index in [0.717, 1.165) is 19.3 Å². The van der Waals surface area contributed by atoms with Crippen LogP contribution in [-0.2, 0) is 4.79 Å². The van der Waals surface area contributed by atoms with Crippen molar-refractivity contribution in [1.29, 1.82) is 0 Å². The van der Waals surface area contributed by atoms with E-state index in [1.54, 1.807) is 0 Å². The fourth-order valence-corrected chi connectivity index (χ4v) is 1.81. The van der Waals surface area contributed by atoms with Gasteiger partial charge in [-0.2, -0.15) is 0 Å². The van der Waals surface area contributed by atoms with Gasteiger partial charge in [0.1, 0.15) is 0 Å². The van der Waals surface area contributed by atoms with E-state index in [2.05, 4.69) is 26.1 Å². The Morgan fingerprint density at radius 3 is 2.40 bits per heavy atom. The third-order valence-electron chi connectivity index (χ3n) is 2.34. The molecule has 0 aliphatic heterocycles. The predicted octanol–water partition coefficient (Wildman–Crippen LogP) is 2.05. The first kappa shape index (κ1) is 14.4. The van der Waals surface area contributed by atoms with Gasteiger partial charge < -0.3 is 11.1 Å². The van der Waals surface area contributed by atoms with Gasteiger partial charge in [-0.15, -0.1) is 0 Å². The quantitative estimate of drug-likeness (QED) is 0.681. The molecule has 0 heterocycles. The monoisotopic (exact) mass is 214 g/mol. The molecular weight excluding hydrogens is 188 g/mol. The minimum absolute atomic E-state index is 0.0150. The van der Waals surface area contributed by atoms with Crippen LogP contribution in [0.1, 0.15) is 53.4 Å². The molecule has 90 valence electrons. The fourth-order valence-electron chi connectivity index (χ4n) is 1.81. The van der Waals surface area contributed by atoms with Gasteiger partial charge in [0.25, 0.3) is 0 Å². The summed E-state index contributed by atoms with van der Waals surface area (Å²) in [7, 11) is 0. The maximum Gasteiger partial charge on any atom is 0.221 e. The second-order valence-corrected chi connectivity index (χ2v) is 4.85. The molecule has 0 aromatic carbocycles. The Labute approximate surface area is 93.8 Å². The number of hydrogen-bond donors (Lipinski definition) is 2. The summed E-state index contributed by atoms with van der Waals surface area (Å²) in [5.41, 5.74) is 5.80. The first-order valence-electron chi connectivity index (χ1n) is 6.00. The second-order valence-electron chi connectivity index (χ2n) is 4.85. The van der Waals surface area contributed by atoms with Crippen molar-refractivity contribution in [2.45, 2.75) is 65.5 Å². The Bertz CT molecular complexity index is 180. The molecule has 3 N–H and O–H groups in total. The Morgan fingerprint density at radius 1 is 1.33 bits per heavy atom. The highest BCUT2D eigenvalue weighted by molar-refractivity contribution is 5.76. The summed E-state index contributed by atoms with van der Waals surface area (Å²) in [5, 5.41) is 2.98. The highest BCUT2D eigenvalue weighted by Gasteiger charge is 2.12. The van der Waals surface area contributed by atoms with Crippen molar-refractivity contribution in [1.82, 2.24) is 5.32 Å². The molecule has 3 heteroatoms. The normalized spacial score (nSPS) is 15.1. The van der Waals surface area contributed by atoms with Crippen LogP contribution in [0.3, 0.4) is 0 Å². The molecule has 0 fully saturated rings. The van der Waals surface area contributed by atoms with Crippen LogP contribution in [0.4, 0.5) is 0 Å². The summed E-state index contributed by atoms with van der Waals surface area (Å²) >= 11 is 0. The summed E-state index contributed by atoms with van der Waals surface area (Å²) in [5.74, 6) is 0.703. The Balaban J connectivity index is 3.72. The summed E-state index contributed by atoms with van der Waals surface area (Å²) in [6, 6.07) is 0.271. The van der Waals surface area contributed by atoms with E-state index in [4.69, 9.17) is 5.73 Å². The van der Waals surface area contributed by atoms with Gasteiger partial charge in [-0.1, -0.05) is 27.2 Å². The predicted molar refractivity (Wildman–Crippen MR) is 64.6 cm³/mol. The van der Waals surface area contributed by atoms with E-state index < -0.39 is 0 Å². The summed E-state index contributed by atoms with van der Waals surface area (Å²) in [4.78, 5) is 11.5. The molecule has 15 heavy (non-hydrogen) atoms. The van der Waals surface area contributed by atoms with Gasteiger partial charge >= 0.3 is 0 Å². The average Bonchev–Trinajstić information content (AvgIpc) is 2.00. The number of nitrogens with one attached hydrogen (secondary N) is 1. The average molecular weight is 214 g/mol. The molecule has 0 aliphatic carbocycles. The van der Waals surface area contributed by atoms with E-state index in [0.29, 0.717) is 12.3 Å². The standard InChI is InChI=1S/C12H26N2O/c1-5-6-11(13)8-12(15)14-10(4)7-9(2)3/h9-11H,5-8,13H2,1-4H3,(H,14,15). The molecule has 0 radical (unpaired) electrons. The van der Waals surface area contributed by atoms with Crippen molar-refractivity contribution in [2.75, 3.05) is 0 Å². The number of rotatable bonds is 7. The molecule has 3 nitrogen and oxygen atoms in total. The van der Waals surface area contributed by atoms with Crippen LogP contribution in [0.25, 0.3) is 0 Å². The van der Waals surface area contributed by atoms with Gasteiger partial charge in [-0.25, -0.2) is 0 Å².